The molecule has 2 aromatic rings. The van der Waals surface area contributed by atoms with E-state index in [0.717, 1.165) is 16.7 Å². The van der Waals surface area contributed by atoms with Gasteiger partial charge in [-0.15, -0.1) is 11.3 Å². The van der Waals surface area contributed by atoms with Gasteiger partial charge in [0.2, 0.25) is 0 Å². The summed E-state index contributed by atoms with van der Waals surface area (Å²) in [7, 11) is 3.88. The van der Waals surface area contributed by atoms with Gasteiger partial charge in [-0.3, -0.25) is 4.68 Å². The third kappa shape index (κ3) is 2.30. The lowest BCUT2D eigenvalue weighted by molar-refractivity contribution is 0.712. The molecule has 3 nitrogen and oxygen atoms in total. The quantitative estimate of drug-likeness (QED) is 0.940. The molecule has 1 N–H and O–H groups in total. The Morgan fingerprint density at radius 3 is 3.00 bits per heavy atom. The van der Waals surface area contributed by atoms with Crippen molar-refractivity contribution in [1.29, 1.82) is 0 Å². The first-order chi connectivity index (χ1) is 7.20. The van der Waals surface area contributed by atoms with E-state index >= 15 is 0 Å². The largest absolute Gasteiger partial charge is 0.314 e. The van der Waals surface area contributed by atoms with Gasteiger partial charge < -0.3 is 5.32 Å². The van der Waals surface area contributed by atoms with Crippen molar-refractivity contribution in [2.45, 2.75) is 6.54 Å². The average Bonchev–Trinajstić information content (AvgIpc) is 2.73. The monoisotopic (exact) mass is 285 g/mol. The molecule has 0 fully saturated rings. The third-order valence-electron chi connectivity index (χ3n) is 2.08. The maximum atomic E-state index is 4.43. The zero-order valence-electron chi connectivity index (χ0n) is 8.62. The second kappa shape index (κ2) is 4.47. The molecule has 0 aliphatic carbocycles. The van der Waals surface area contributed by atoms with Crippen LogP contribution < -0.4 is 5.32 Å². The fourth-order valence-electron chi connectivity index (χ4n) is 1.49. The number of hydrogen-bond donors (Lipinski definition) is 1. The van der Waals surface area contributed by atoms with Gasteiger partial charge in [0.05, 0.1) is 5.69 Å². The van der Waals surface area contributed by atoms with Gasteiger partial charge in [-0.25, -0.2) is 0 Å². The minimum atomic E-state index is 0.797. The summed E-state index contributed by atoms with van der Waals surface area (Å²) in [5.41, 5.74) is 2.30. The van der Waals surface area contributed by atoms with Crippen molar-refractivity contribution in [3.05, 3.63) is 27.8 Å². The van der Waals surface area contributed by atoms with Crippen LogP contribution in [-0.2, 0) is 13.6 Å². The Labute approximate surface area is 101 Å². The maximum absolute atomic E-state index is 4.43. The highest BCUT2D eigenvalue weighted by Crippen LogP contribution is 2.31. The first kappa shape index (κ1) is 10.9. The van der Waals surface area contributed by atoms with Gasteiger partial charge in [-0.1, -0.05) is 0 Å². The first-order valence-electron chi connectivity index (χ1n) is 4.62. The second-order valence-electron chi connectivity index (χ2n) is 3.32. The number of nitrogens with zero attached hydrogens (tertiary/aromatic N) is 2. The normalized spacial score (nSPS) is 10.9. The van der Waals surface area contributed by atoms with Gasteiger partial charge in [0, 0.05) is 40.1 Å². The van der Waals surface area contributed by atoms with Gasteiger partial charge >= 0.3 is 0 Å². The summed E-state index contributed by atoms with van der Waals surface area (Å²) in [4.78, 5) is 1.25. The summed E-state index contributed by atoms with van der Waals surface area (Å²) in [5, 5.41) is 9.65. The predicted octanol–water partition coefficient (Wildman–Crippen LogP) is 2.63. The Kier molecular flexibility index (Phi) is 3.23. The topological polar surface area (TPSA) is 29.9 Å². The highest BCUT2D eigenvalue weighted by molar-refractivity contribution is 9.10. The molecule has 0 bridgehead atoms. The van der Waals surface area contributed by atoms with Gasteiger partial charge in [-0.2, -0.15) is 5.10 Å². The van der Waals surface area contributed by atoms with Gasteiger partial charge in [-0.05, 0) is 29.0 Å². The van der Waals surface area contributed by atoms with E-state index in [1.165, 1.54) is 10.4 Å². The van der Waals surface area contributed by atoms with Crippen LogP contribution in [0.1, 0.15) is 5.69 Å². The standard InChI is InChI=1S/C10H12BrN3S/c1-12-4-9-8(5-14(2)13-9)10-3-7(11)6-15-10/h3,5-6,12H,4H2,1-2H3. The zero-order valence-corrected chi connectivity index (χ0v) is 11.0. The molecule has 2 aromatic heterocycles. The van der Waals surface area contributed by atoms with Crippen molar-refractivity contribution >= 4 is 27.3 Å². The molecule has 0 saturated heterocycles. The fourth-order valence-corrected chi connectivity index (χ4v) is 2.95. The molecule has 0 amide bonds. The molecule has 2 heterocycles. The smallest absolute Gasteiger partial charge is 0.0848 e. The van der Waals surface area contributed by atoms with Crippen LogP contribution in [0, 0.1) is 0 Å². The van der Waals surface area contributed by atoms with Crippen LogP contribution in [0.5, 0.6) is 0 Å². The molecule has 0 unspecified atom stereocenters. The van der Waals surface area contributed by atoms with Crippen LogP contribution in [-0.4, -0.2) is 16.8 Å². The SMILES string of the molecule is CNCc1nn(C)cc1-c1cc(Br)cs1. The Bertz CT molecular complexity index is 461. The summed E-state index contributed by atoms with van der Waals surface area (Å²) in [6.45, 7) is 0.797. The summed E-state index contributed by atoms with van der Waals surface area (Å²) in [6, 6.07) is 2.13. The van der Waals surface area contributed by atoms with E-state index in [-0.39, 0.29) is 0 Å². The summed E-state index contributed by atoms with van der Waals surface area (Å²) in [5.74, 6) is 0. The third-order valence-corrected chi connectivity index (χ3v) is 3.81. The number of hydrogen-bond acceptors (Lipinski definition) is 3. The Morgan fingerprint density at radius 2 is 2.40 bits per heavy atom. The van der Waals surface area contributed by atoms with E-state index in [1.807, 2.05) is 18.8 Å². The summed E-state index contributed by atoms with van der Waals surface area (Å²) >= 11 is 5.20. The van der Waals surface area contributed by atoms with E-state index in [2.05, 4.69) is 44.0 Å². The lowest BCUT2D eigenvalue weighted by Crippen LogP contribution is -2.06. The number of aromatic nitrogens is 2. The molecule has 0 aliphatic rings. The minimum Gasteiger partial charge on any atom is -0.314 e. The fraction of sp³-hybridized carbons (Fsp3) is 0.300. The number of aryl methyl sites for hydroxylation is 1. The van der Waals surface area contributed by atoms with Crippen LogP contribution in [0.4, 0.5) is 0 Å². The van der Waals surface area contributed by atoms with Crippen molar-refractivity contribution in [3.8, 4) is 10.4 Å². The highest BCUT2D eigenvalue weighted by atomic mass is 79.9. The van der Waals surface area contributed by atoms with Crippen LogP contribution in [0.15, 0.2) is 22.1 Å². The molecule has 0 spiro atoms. The molecule has 0 aromatic carbocycles. The van der Waals surface area contributed by atoms with E-state index < -0.39 is 0 Å². The molecule has 15 heavy (non-hydrogen) atoms. The lowest BCUT2D eigenvalue weighted by atomic mass is 10.2. The Morgan fingerprint density at radius 1 is 1.60 bits per heavy atom. The summed E-state index contributed by atoms with van der Waals surface area (Å²) in [6.07, 6.45) is 2.06. The second-order valence-corrected chi connectivity index (χ2v) is 5.15. The zero-order chi connectivity index (χ0) is 10.8. The molecule has 0 saturated carbocycles. The van der Waals surface area contributed by atoms with Crippen molar-refractivity contribution < 1.29 is 0 Å². The number of halogens is 1. The van der Waals surface area contributed by atoms with Crippen LogP contribution in [0.2, 0.25) is 0 Å². The minimum absolute atomic E-state index is 0.797. The number of rotatable bonds is 3. The van der Waals surface area contributed by atoms with Gasteiger partial charge in [0.25, 0.3) is 0 Å². The summed E-state index contributed by atoms with van der Waals surface area (Å²) < 4.78 is 2.98. The molecular formula is C10H12BrN3S. The molecular weight excluding hydrogens is 274 g/mol. The first-order valence-corrected chi connectivity index (χ1v) is 6.29. The van der Waals surface area contributed by atoms with Crippen LogP contribution >= 0.6 is 27.3 Å². The van der Waals surface area contributed by atoms with Crippen LogP contribution in [0.25, 0.3) is 10.4 Å². The number of thiophene rings is 1. The number of nitrogens with one attached hydrogen (secondary N) is 1. The van der Waals surface area contributed by atoms with Crippen molar-refractivity contribution in [2.75, 3.05) is 7.05 Å². The van der Waals surface area contributed by atoms with Crippen molar-refractivity contribution in [1.82, 2.24) is 15.1 Å². The Hall–Kier alpha value is -0.650. The van der Waals surface area contributed by atoms with E-state index in [9.17, 15) is 0 Å². The van der Waals surface area contributed by atoms with Crippen molar-refractivity contribution in [2.24, 2.45) is 7.05 Å². The van der Waals surface area contributed by atoms with E-state index in [1.54, 1.807) is 11.3 Å². The molecule has 0 aliphatic heterocycles. The lowest BCUT2D eigenvalue weighted by Gasteiger charge is -1.97. The van der Waals surface area contributed by atoms with Crippen molar-refractivity contribution in [3.63, 3.8) is 0 Å². The molecule has 80 valence electrons. The maximum Gasteiger partial charge on any atom is 0.0848 e. The molecule has 0 radical (unpaired) electrons. The van der Waals surface area contributed by atoms with Gasteiger partial charge in [0.15, 0.2) is 0 Å². The predicted molar refractivity (Wildman–Crippen MR) is 67.0 cm³/mol. The van der Waals surface area contributed by atoms with Gasteiger partial charge in [0.1, 0.15) is 0 Å². The molecule has 2 rings (SSSR count). The highest BCUT2D eigenvalue weighted by Gasteiger charge is 2.10. The van der Waals surface area contributed by atoms with E-state index in [0.29, 0.717) is 0 Å². The molecule has 5 heteroatoms. The van der Waals surface area contributed by atoms with E-state index in [4.69, 9.17) is 0 Å². The average molecular weight is 286 g/mol. The molecule has 0 atom stereocenters. The van der Waals surface area contributed by atoms with Crippen LogP contribution in [0.3, 0.4) is 0 Å². The Balaban J connectivity index is 2.42.